The van der Waals surface area contributed by atoms with Gasteiger partial charge in [0.1, 0.15) is 11.5 Å². The summed E-state index contributed by atoms with van der Waals surface area (Å²) in [7, 11) is 1.96. The van der Waals surface area contributed by atoms with E-state index in [0.717, 1.165) is 36.7 Å². The Bertz CT molecular complexity index is 808. The maximum Gasteiger partial charge on any atom is 0.214 e. The van der Waals surface area contributed by atoms with Crippen LogP contribution in [0.4, 0.5) is 5.69 Å². The fourth-order valence-electron chi connectivity index (χ4n) is 3.72. The van der Waals surface area contributed by atoms with E-state index in [9.17, 15) is 8.42 Å². The van der Waals surface area contributed by atoms with Crippen LogP contribution in [-0.4, -0.2) is 84.5 Å². The van der Waals surface area contributed by atoms with Gasteiger partial charge >= 0.3 is 0 Å². The number of nitrogens with zero attached hydrogens (tertiary/aromatic N) is 3. The van der Waals surface area contributed by atoms with Gasteiger partial charge in [-0.05, 0) is 12.8 Å². The van der Waals surface area contributed by atoms with Crippen LogP contribution in [0, 0.1) is 0 Å². The molecule has 2 fully saturated rings. The highest BCUT2D eigenvalue weighted by Crippen LogP contribution is 2.30. The quantitative estimate of drug-likeness (QED) is 0.485. The first-order valence-corrected chi connectivity index (χ1v) is 11.5. The van der Waals surface area contributed by atoms with Gasteiger partial charge in [-0.15, -0.1) is 0 Å². The lowest BCUT2D eigenvalue weighted by molar-refractivity contribution is 0.394. The largest absolute Gasteiger partial charge is 0.497 e. The number of methoxy groups -OCH3 is 2. The van der Waals surface area contributed by atoms with Crippen LogP contribution in [0.1, 0.15) is 12.8 Å². The van der Waals surface area contributed by atoms with Crippen LogP contribution >= 0.6 is 0 Å². The van der Waals surface area contributed by atoms with E-state index in [1.165, 1.54) is 0 Å². The first kappa shape index (κ1) is 21.5. The SMILES string of the molecule is CN=C(NCCN1CCCS1(=O)=O)NC1CCN(c2cc(OC)cc(OC)c2)C1. The Hall–Kier alpha value is -2.20. The number of sulfonamides is 1. The fraction of sp³-hybridized carbons (Fsp3) is 0.632. The molecule has 1 aromatic carbocycles. The van der Waals surface area contributed by atoms with E-state index in [1.54, 1.807) is 25.6 Å². The normalized spacial score (nSPS) is 22.0. The van der Waals surface area contributed by atoms with E-state index in [4.69, 9.17) is 9.47 Å². The van der Waals surface area contributed by atoms with E-state index < -0.39 is 10.0 Å². The minimum absolute atomic E-state index is 0.244. The van der Waals surface area contributed by atoms with Gasteiger partial charge in [-0.2, -0.15) is 0 Å². The summed E-state index contributed by atoms with van der Waals surface area (Å²) in [6, 6.07) is 6.12. The van der Waals surface area contributed by atoms with Crippen LogP contribution in [0.5, 0.6) is 11.5 Å². The van der Waals surface area contributed by atoms with Crippen molar-refractivity contribution in [3.63, 3.8) is 0 Å². The van der Waals surface area contributed by atoms with Gasteiger partial charge in [-0.1, -0.05) is 0 Å². The maximum atomic E-state index is 11.9. The van der Waals surface area contributed by atoms with Gasteiger partial charge in [0.25, 0.3) is 0 Å². The standard InChI is InChI=1S/C19H31N5O4S/c1-20-19(21-6-9-24-7-4-10-29(24,25)26)22-15-5-8-23(14-15)16-11-17(27-2)13-18(12-16)28-3/h11-13,15H,4-10,14H2,1-3H3,(H2,20,21,22). The van der Waals surface area contributed by atoms with E-state index in [1.807, 2.05) is 18.2 Å². The second-order valence-electron chi connectivity index (χ2n) is 7.21. The van der Waals surface area contributed by atoms with E-state index in [-0.39, 0.29) is 11.8 Å². The van der Waals surface area contributed by atoms with Crippen LogP contribution in [0.15, 0.2) is 23.2 Å². The van der Waals surface area contributed by atoms with Gasteiger partial charge in [0.2, 0.25) is 10.0 Å². The van der Waals surface area contributed by atoms with Crippen molar-refractivity contribution < 1.29 is 17.9 Å². The molecule has 0 aromatic heterocycles. The summed E-state index contributed by atoms with van der Waals surface area (Å²) < 4.78 is 36.0. The molecule has 0 saturated carbocycles. The first-order chi connectivity index (χ1) is 13.9. The van der Waals surface area contributed by atoms with Crippen LogP contribution in [0.25, 0.3) is 0 Å². The van der Waals surface area contributed by atoms with Crippen molar-refractivity contribution in [2.75, 3.05) is 64.6 Å². The Morgan fingerprint density at radius 2 is 1.93 bits per heavy atom. The highest BCUT2D eigenvalue weighted by atomic mass is 32.2. The molecular weight excluding hydrogens is 394 g/mol. The third kappa shape index (κ3) is 5.45. The first-order valence-electron chi connectivity index (χ1n) is 9.88. The molecule has 2 N–H and O–H groups in total. The monoisotopic (exact) mass is 425 g/mol. The van der Waals surface area contributed by atoms with E-state index in [2.05, 4.69) is 20.5 Å². The second-order valence-corrected chi connectivity index (χ2v) is 9.30. The molecule has 162 valence electrons. The lowest BCUT2D eigenvalue weighted by atomic mass is 10.2. The number of guanidine groups is 1. The predicted octanol–water partition coefficient (Wildman–Crippen LogP) is 0.483. The maximum absolute atomic E-state index is 11.9. The highest BCUT2D eigenvalue weighted by molar-refractivity contribution is 7.89. The van der Waals surface area contributed by atoms with Gasteiger partial charge < -0.3 is 25.0 Å². The Balaban J connectivity index is 1.51. The number of aliphatic imine (C=N–C) groups is 1. The molecule has 0 aliphatic carbocycles. The summed E-state index contributed by atoms with van der Waals surface area (Å²) >= 11 is 0. The molecular formula is C19H31N5O4S. The lowest BCUT2D eigenvalue weighted by Gasteiger charge is -2.22. The molecule has 9 nitrogen and oxygen atoms in total. The number of rotatable bonds is 7. The number of hydrogen-bond donors (Lipinski definition) is 2. The summed E-state index contributed by atoms with van der Waals surface area (Å²) in [6.07, 6.45) is 1.68. The minimum atomic E-state index is -3.06. The van der Waals surface area contributed by atoms with Crippen molar-refractivity contribution in [2.45, 2.75) is 18.9 Å². The molecule has 29 heavy (non-hydrogen) atoms. The Morgan fingerprint density at radius 1 is 1.21 bits per heavy atom. The van der Waals surface area contributed by atoms with Crippen LogP contribution in [0.2, 0.25) is 0 Å². The van der Waals surface area contributed by atoms with Crippen LogP contribution in [0.3, 0.4) is 0 Å². The smallest absolute Gasteiger partial charge is 0.214 e. The zero-order valence-corrected chi connectivity index (χ0v) is 18.2. The predicted molar refractivity (Wildman–Crippen MR) is 115 cm³/mol. The molecule has 2 aliphatic heterocycles. The Labute approximate surface area is 173 Å². The van der Waals surface area contributed by atoms with Crippen molar-refractivity contribution in [2.24, 2.45) is 4.99 Å². The van der Waals surface area contributed by atoms with Gasteiger partial charge in [0.05, 0.1) is 20.0 Å². The zero-order valence-electron chi connectivity index (χ0n) is 17.3. The van der Waals surface area contributed by atoms with Gasteiger partial charge in [-0.25, -0.2) is 12.7 Å². The van der Waals surface area contributed by atoms with Gasteiger partial charge in [0, 0.05) is 69.7 Å². The average Bonchev–Trinajstić information content (AvgIpc) is 3.32. The van der Waals surface area contributed by atoms with Crippen molar-refractivity contribution in [3.8, 4) is 11.5 Å². The molecule has 10 heteroatoms. The molecule has 0 radical (unpaired) electrons. The number of nitrogens with one attached hydrogen (secondary N) is 2. The zero-order chi connectivity index (χ0) is 20.9. The number of ether oxygens (including phenoxy) is 2. The number of hydrogen-bond acceptors (Lipinski definition) is 6. The molecule has 2 saturated heterocycles. The van der Waals surface area contributed by atoms with Gasteiger partial charge in [-0.3, -0.25) is 4.99 Å². The van der Waals surface area contributed by atoms with E-state index >= 15 is 0 Å². The van der Waals surface area contributed by atoms with Crippen molar-refractivity contribution >= 4 is 21.7 Å². The van der Waals surface area contributed by atoms with Crippen molar-refractivity contribution in [1.29, 1.82) is 0 Å². The molecule has 2 heterocycles. The lowest BCUT2D eigenvalue weighted by Crippen LogP contribution is -2.46. The van der Waals surface area contributed by atoms with Gasteiger partial charge in [0.15, 0.2) is 5.96 Å². The molecule has 1 aromatic rings. The Kier molecular flexibility index (Phi) is 7.07. The summed E-state index contributed by atoms with van der Waals surface area (Å²) in [6.45, 7) is 3.35. The summed E-state index contributed by atoms with van der Waals surface area (Å²) in [5, 5.41) is 6.66. The third-order valence-electron chi connectivity index (χ3n) is 5.31. The molecule has 0 spiro atoms. The molecule has 3 rings (SSSR count). The number of anilines is 1. The Morgan fingerprint density at radius 3 is 2.52 bits per heavy atom. The average molecular weight is 426 g/mol. The molecule has 1 atom stereocenters. The summed E-state index contributed by atoms with van der Waals surface area (Å²) in [5.74, 6) is 2.49. The summed E-state index contributed by atoms with van der Waals surface area (Å²) in [4.78, 5) is 6.56. The van der Waals surface area contributed by atoms with Crippen molar-refractivity contribution in [3.05, 3.63) is 18.2 Å². The number of benzene rings is 1. The summed E-state index contributed by atoms with van der Waals surface area (Å²) in [5.41, 5.74) is 1.06. The molecule has 1 unspecified atom stereocenters. The minimum Gasteiger partial charge on any atom is -0.497 e. The third-order valence-corrected chi connectivity index (χ3v) is 7.27. The second kappa shape index (κ2) is 9.53. The fourth-order valence-corrected chi connectivity index (χ4v) is 5.25. The molecule has 0 bridgehead atoms. The van der Waals surface area contributed by atoms with E-state index in [0.29, 0.717) is 32.0 Å². The van der Waals surface area contributed by atoms with Crippen LogP contribution < -0.4 is 25.0 Å². The van der Waals surface area contributed by atoms with Crippen LogP contribution in [-0.2, 0) is 10.0 Å². The molecule has 2 aliphatic rings. The van der Waals surface area contributed by atoms with Crippen molar-refractivity contribution in [1.82, 2.24) is 14.9 Å². The highest BCUT2D eigenvalue weighted by Gasteiger charge is 2.28. The molecule has 0 amide bonds. The topological polar surface area (TPSA) is 95.5 Å².